The molecule has 0 saturated carbocycles. The molecule has 0 atom stereocenters. The number of rotatable bonds is 2. The predicted octanol–water partition coefficient (Wildman–Crippen LogP) is 2.97. The lowest BCUT2D eigenvalue weighted by Gasteiger charge is -2.22. The third kappa shape index (κ3) is 2.27. The molecule has 0 fully saturated rings. The molecule has 5 heteroatoms. The van der Waals surface area contributed by atoms with Crippen LogP contribution in [0, 0.1) is 0 Å². The summed E-state index contributed by atoms with van der Waals surface area (Å²) < 4.78 is 0. The number of benzene rings is 1. The number of nitrogens with two attached hydrogens (primary N) is 1. The van der Waals surface area contributed by atoms with Gasteiger partial charge in [0.1, 0.15) is 0 Å². The average molecular weight is 322 g/mol. The minimum Gasteiger partial charge on any atom is -0.395 e. The number of aromatic nitrogens is 3. The van der Waals surface area contributed by atoms with Gasteiger partial charge in [-0.25, -0.2) is 9.97 Å². The fourth-order valence-corrected chi connectivity index (χ4v) is 3.49. The molecule has 4 N–H and O–H groups in total. The Morgan fingerprint density at radius 3 is 2.92 bits per heavy atom. The zero-order chi connectivity index (χ0) is 16.9. The second-order valence-electron chi connectivity index (χ2n) is 7.24. The van der Waals surface area contributed by atoms with Crippen LogP contribution in [0.15, 0.2) is 24.4 Å². The number of fused-ring (bicyclic) bond motifs is 5. The van der Waals surface area contributed by atoms with Gasteiger partial charge in [-0.2, -0.15) is 0 Å². The summed E-state index contributed by atoms with van der Waals surface area (Å²) in [6.07, 6.45) is 4.86. The van der Waals surface area contributed by atoms with Crippen LogP contribution < -0.4 is 5.73 Å². The number of aromatic amines is 1. The average Bonchev–Trinajstić information content (AvgIpc) is 2.83. The number of nitrogen functional groups attached to an aromatic ring is 1. The number of H-pyrrole nitrogens is 1. The van der Waals surface area contributed by atoms with Crippen molar-refractivity contribution in [3.63, 3.8) is 0 Å². The highest BCUT2D eigenvalue weighted by molar-refractivity contribution is 5.98. The van der Waals surface area contributed by atoms with Crippen molar-refractivity contribution in [3.05, 3.63) is 41.2 Å². The van der Waals surface area contributed by atoms with Crippen LogP contribution in [-0.4, -0.2) is 26.7 Å². The molecule has 0 spiro atoms. The zero-order valence-electron chi connectivity index (χ0n) is 14.1. The lowest BCUT2D eigenvalue weighted by molar-refractivity contribution is 0.218. The summed E-state index contributed by atoms with van der Waals surface area (Å²) >= 11 is 0. The van der Waals surface area contributed by atoms with E-state index in [4.69, 9.17) is 5.73 Å². The van der Waals surface area contributed by atoms with Gasteiger partial charge in [0.2, 0.25) is 5.95 Å². The van der Waals surface area contributed by atoms with E-state index in [2.05, 4.69) is 33.2 Å². The first-order valence-electron chi connectivity index (χ1n) is 8.37. The molecular weight excluding hydrogens is 300 g/mol. The molecule has 2 heterocycles. The Kier molecular flexibility index (Phi) is 3.35. The molecule has 0 bridgehead atoms. The smallest absolute Gasteiger partial charge is 0.220 e. The first kappa shape index (κ1) is 15.1. The highest BCUT2D eigenvalue weighted by Crippen LogP contribution is 2.38. The van der Waals surface area contributed by atoms with Gasteiger partial charge in [0.05, 0.1) is 12.3 Å². The van der Waals surface area contributed by atoms with Gasteiger partial charge in [0.15, 0.2) is 0 Å². The summed E-state index contributed by atoms with van der Waals surface area (Å²) in [5, 5.41) is 10.8. The Morgan fingerprint density at radius 2 is 2.12 bits per heavy atom. The van der Waals surface area contributed by atoms with Gasteiger partial charge < -0.3 is 15.8 Å². The number of aryl methyl sites for hydroxylation is 2. The summed E-state index contributed by atoms with van der Waals surface area (Å²) in [7, 11) is 0. The molecule has 3 aromatic rings. The highest BCUT2D eigenvalue weighted by atomic mass is 16.3. The maximum absolute atomic E-state index is 9.70. The quantitative estimate of drug-likeness (QED) is 0.677. The summed E-state index contributed by atoms with van der Waals surface area (Å²) in [6.45, 7) is 4.21. The Balaban J connectivity index is 2.02. The standard InChI is InChI=1S/C19H22N4O/c1-19(2,10-24)12-6-7-14-13(8-12)16-15(22-14)5-3-4-11-9-21-18(20)23-17(11)16/h6-9,22,24H,3-5,10H2,1-2H3,(H2,20,21,23). The third-order valence-electron chi connectivity index (χ3n) is 5.05. The van der Waals surface area contributed by atoms with Gasteiger partial charge in [-0.15, -0.1) is 0 Å². The van der Waals surface area contributed by atoms with Crippen molar-refractivity contribution in [2.24, 2.45) is 0 Å². The molecule has 5 nitrogen and oxygen atoms in total. The van der Waals surface area contributed by atoms with Crippen molar-refractivity contribution in [1.29, 1.82) is 0 Å². The summed E-state index contributed by atoms with van der Waals surface area (Å²) in [6, 6.07) is 6.36. The third-order valence-corrected chi connectivity index (χ3v) is 5.05. The van der Waals surface area contributed by atoms with Crippen LogP contribution >= 0.6 is 0 Å². The first-order chi connectivity index (χ1) is 11.5. The van der Waals surface area contributed by atoms with Crippen LogP contribution in [-0.2, 0) is 18.3 Å². The van der Waals surface area contributed by atoms with E-state index < -0.39 is 0 Å². The van der Waals surface area contributed by atoms with Crippen molar-refractivity contribution in [2.45, 2.75) is 38.5 Å². The van der Waals surface area contributed by atoms with Crippen LogP contribution in [0.4, 0.5) is 5.95 Å². The SMILES string of the molecule is CC(C)(CO)c1ccc2[nH]c3c(c2c1)-c1nc(N)ncc1CCC3. The second-order valence-corrected chi connectivity index (χ2v) is 7.24. The van der Waals surface area contributed by atoms with E-state index in [0.717, 1.165) is 52.5 Å². The van der Waals surface area contributed by atoms with Crippen molar-refractivity contribution in [2.75, 3.05) is 12.3 Å². The Morgan fingerprint density at radius 1 is 1.29 bits per heavy atom. The molecule has 24 heavy (non-hydrogen) atoms. The molecule has 1 aliphatic rings. The lowest BCUT2D eigenvalue weighted by atomic mass is 9.84. The normalized spacial score (nSPS) is 14.3. The second kappa shape index (κ2) is 5.31. The van der Waals surface area contributed by atoms with Crippen molar-refractivity contribution < 1.29 is 5.11 Å². The summed E-state index contributed by atoms with van der Waals surface area (Å²) in [5.41, 5.74) is 12.2. The summed E-state index contributed by atoms with van der Waals surface area (Å²) in [4.78, 5) is 12.3. The van der Waals surface area contributed by atoms with E-state index in [1.165, 1.54) is 5.69 Å². The van der Waals surface area contributed by atoms with Crippen LogP contribution in [0.3, 0.4) is 0 Å². The van der Waals surface area contributed by atoms with E-state index in [0.29, 0.717) is 5.95 Å². The van der Waals surface area contributed by atoms with Gasteiger partial charge in [0.25, 0.3) is 0 Å². The molecule has 124 valence electrons. The minimum absolute atomic E-state index is 0.108. The van der Waals surface area contributed by atoms with E-state index in [9.17, 15) is 5.11 Å². The van der Waals surface area contributed by atoms with Crippen molar-refractivity contribution in [3.8, 4) is 11.3 Å². The fraction of sp³-hybridized carbons (Fsp3) is 0.368. The molecule has 0 saturated heterocycles. The maximum atomic E-state index is 9.70. The maximum Gasteiger partial charge on any atom is 0.220 e. The van der Waals surface area contributed by atoms with Crippen LogP contribution in [0.2, 0.25) is 0 Å². The van der Waals surface area contributed by atoms with Crippen LogP contribution in [0.5, 0.6) is 0 Å². The van der Waals surface area contributed by atoms with Crippen molar-refractivity contribution in [1.82, 2.24) is 15.0 Å². The molecule has 0 aliphatic heterocycles. The Labute approximate surface area is 141 Å². The molecule has 1 aromatic carbocycles. The fourth-order valence-electron chi connectivity index (χ4n) is 3.49. The molecular formula is C19H22N4O. The van der Waals surface area contributed by atoms with Gasteiger partial charge in [-0.1, -0.05) is 19.9 Å². The van der Waals surface area contributed by atoms with Gasteiger partial charge in [-0.05, 0) is 42.5 Å². The van der Waals surface area contributed by atoms with Crippen LogP contribution in [0.1, 0.15) is 37.1 Å². The van der Waals surface area contributed by atoms with Crippen molar-refractivity contribution >= 4 is 16.9 Å². The van der Waals surface area contributed by atoms with E-state index in [1.807, 2.05) is 20.0 Å². The molecule has 0 unspecified atom stereocenters. The number of hydrogen-bond donors (Lipinski definition) is 3. The van der Waals surface area contributed by atoms with Crippen LogP contribution in [0.25, 0.3) is 22.2 Å². The topological polar surface area (TPSA) is 87.8 Å². The number of hydrogen-bond acceptors (Lipinski definition) is 4. The first-order valence-corrected chi connectivity index (χ1v) is 8.37. The van der Waals surface area contributed by atoms with E-state index >= 15 is 0 Å². The summed E-state index contributed by atoms with van der Waals surface area (Å²) in [5.74, 6) is 0.308. The van der Waals surface area contributed by atoms with E-state index in [-0.39, 0.29) is 12.0 Å². The number of anilines is 1. The number of aliphatic hydroxyl groups excluding tert-OH is 1. The molecule has 4 rings (SSSR count). The number of aliphatic hydroxyl groups is 1. The zero-order valence-corrected chi connectivity index (χ0v) is 14.1. The van der Waals surface area contributed by atoms with Gasteiger partial charge >= 0.3 is 0 Å². The van der Waals surface area contributed by atoms with Gasteiger partial charge in [0, 0.05) is 33.8 Å². The van der Waals surface area contributed by atoms with Gasteiger partial charge in [-0.3, -0.25) is 0 Å². The Bertz CT molecular complexity index is 927. The largest absolute Gasteiger partial charge is 0.395 e. The molecule has 0 amide bonds. The molecule has 0 radical (unpaired) electrons. The minimum atomic E-state index is -0.281. The monoisotopic (exact) mass is 322 g/mol. The number of nitrogens with zero attached hydrogens (tertiary/aromatic N) is 2. The van der Waals surface area contributed by atoms with E-state index in [1.54, 1.807) is 0 Å². The molecule has 2 aromatic heterocycles. The molecule has 1 aliphatic carbocycles. The predicted molar refractivity (Wildman–Crippen MR) is 95.9 cm³/mol. The Hall–Kier alpha value is -2.40. The number of nitrogens with one attached hydrogen (secondary N) is 1. The lowest BCUT2D eigenvalue weighted by Crippen LogP contribution is -2.21. The highest BCUT2D eigenvalue weighted by Gasteiger charge is 2.24.